The Hall–Kier alpha value is -4.06. The molecule has 25 nitrogen and oxygen atoms in total. The summed E-state index contributed by atoms with van der Waals surface area (Å²) < 4.78 is 48.3. The number of ether oxygens (including phenoxy) is 9. The van der Waals surface area contributed by atoms with Gasteiger partial charge < -0.3 is 64.3 Å². The minimum absolute atomic E-state index is 0.0953. The topological polar surface area (TPSA) is 343 Å². The van der Waals surface area contributed by atoms with Gasteiger partial charge in [-0.25, -0.2) is 0 Å². The zero-order chi connectivity index (χ0) is 43.2. The third-order valence-electron chi connectivity index (χ3n) is 7.68. The molecule has 0 heterocycles. The lowest BCUT2D eigenvalue weighted by Crippen LogP contribution is -2.44. The molecular weight excluding hydrogens is 782 g/mol. The lowest BCUT2D eigenvalue weighted by atomic mass is 9.84. The standard InChI is InChI=1S/C34H65N13O12/c35-34(4-1-31(48)39-7-13-51-19-25-57-28-22-54-16-10-42-45-36,5-2-32(49)40-8-14-52-20-26-58-29-23-55-17-11-43-46-37)6-3-33(50)41-9-15-53-21-27-59-30-24-56-18-12-44-47-38/h1-30,35H2,(H,39,48)(H,40,49)(H,41,50). The normalized spacial score (nSPS) is 11.7. The fraction of sp³-hybridized carbons (Fsp3) is 0.912. The molecule has 0 saturated heterocycles. The minimum Gasteiger partial charge on any atom is -0.379 e. The summed E-state index contributed by atoms with van der Waals surface area (Å²) in [5, 5.41) is 18.5. The van der Waals surface area contributed by atoms with Crippen LogP contribution in [0.4, 0.5) is 0 Å². The third-order valence-corrected chi connectivity index (χ3v) is 7.68. The van der Waals surface area contributed by atoms with Gasteiger partial charge in [0.05, 0.1) is 119 Å². The number of hydrogen-bond donors (Lipinski definition) is 4. The number of amides is 3. The molecule has 0 unspecified atom stereocenters. The fourth-order valence-corrected chi connectivity index (χ4v) is 4.59. The highest BCUT2D eigenvalue weighted by molar-refractivity contribution is 5.77. The molecule has 0 atom stereocenters. The molecule has 0 radical (unpaired) electrons. The van der Waals surface area contributed by atoms with Crippen molar-refractivity contribution in [2.45, 2.75) is 44.1 Å². The van der Waals surface area contributed by atoms with Gasteiger partial charge in [-0.1, -0.05) is 15.3 Å². The molecule has 5 N–H and O–H groups in total. The van der Waals surface area contributed by atoms with Crippen LogP contribution in [0.3, 0.4) is 0 Å². The van der Waals surface area contributed by atoms with Crippen LogP contribution in [0.5, 0.6) is 0 Å². The predicted molar refractivity (Wildman–Crippen MR) is 213 cm³/mol. The Labute approximate surface area is 345 Å². The smallest absolute Gasteiger partial charge is 0.220 e. The number of nitrogens with two attached hydrogens (primary N) is 1. The number of carbonyl (C=O) groups excluding carboxylic acids is 3. The van der Waals surface area contributed by atoms with Crippen LogP contribution >= 0.6 is 0 Å². The van der Waals surface area contributed by atoms with Crippen LogP contribution in [-0.4, -0.2) is 181 Å². The summed E-state index contributed by atoms with van der Waals surface area (Å²) in [6, 6.07) is 0. The Bertz CT molecular complexity index is 1070. The van der Waals surface area contributed by atoms with Crippen LogP contribution in [0.15, 0.2) is 15.3 Å². The number of hydrogen-bond acceptors (Lipinski definition) is 16. The van der Waals surface area contributed by atoms with Crippen molar-refractivity contribution in [2.24, 2.45) is 21.1 Å². The first-order valence-electron chi connectivity index (χ1n) is 19.7. The summed E-state index contributed by atoms with van der Waals surface area (Å²) >= 11 is 0. The molecule has 338 valence electrons. The van der Waals surface area contributed by atoms with E-state index in [4.69, 9.17) is 65.0 Å². The second kappa shape index (κ2) is 43.5. The van der Waals surface area contributed by atoms with Crippen LogP contribution in [0.2, 0.25) is 0 Å². The Morgan fingerprint density at radius 2 is 0.627 bits per heavy atom. The van der Waals surface area contributed by atoms with Crippen molar-refractivity contribution < 1.29 is 57.0 Å². The van der Waals surface area contributed by atoms with Crippen molar-refractivity contribution in [3.63, 3.8) is 0 Å². The van der Waals surface area contributed by atoms with E-state index in [2.05, 4.69) is 46.0 Å². The highest BCUT2D eigenvalue weighted by Crippen LogP contribution is 2.23. The molecule has 59 heavy (non-hydrogen) atoms. The zero-order valence-electron chi connectivity index (χ0n) is 34.2. The molecule has 0 aliphatic rings. The largest absolute Gasteiger partial charge is 0.379 e. The molecule has 0 aliphatic carbocycles. The number of carbonyl (C=O) groups is 3. The van der Waals surface area contributed by atoms with Crippen molar-refractivity contribution >= 4 is 17.7 Å². The predicted octanol–water partition coefficient (Wildman–Crippen LogP) is 1.45. The molecule has 0 aromatic carbocycles. The van der Waals surface area contributed by atoms with E-state index in [1.165, 1.54) is 0 Å². The van der Waals surface area contributed by atoms with E-state index in [0.717, 1.165) is 0 Å². The van der Waals surface area contributed by atoms with Crippen molar-refractivity contribution in [2.75, 3.05) is 158 Å². The van der Waals surface area contributed by atoms with Gasteiger partial charge in [0.25, 0.3) is 0 Å². The van der Waals surface area contributed by atoms with Crippen LogP contribution < -0.4 is 21.7 Å². The molecule has 3 amide bonds. The first-order valence-corrected chi connectivity index (χ1v) is 19.7. The number of rotatable bonds is 45. The quantitative estimate of drug-likeness (QED) is 0.0292. The third kappa shape index (κ3) is 41.9. The lowest BCUT2D eigenvalue weighted by Gasteiger charge is -2.29. The number of azide groups is 3. The Kier molecular flexibility index (Phi) is 40.5. The summed E-state index contributed by atoms with van der Waals surface area (Å²) in [5.74, 6) is -0.696. The molecular formula is C34H65N13O12. The van der Waals surface area contributed by atoms with Gasteiger partial charge >= 0.3 is 0 Å². The average Bonchev–Trinajstić information content (AvgIpc) is 3.23. The van der Waals surface area contributed by atoms with Crippen LogP contribution in [0, 0.1) is 0 Å². The van der Waals surface area contributed by atoms with Gasteiger partial charge in [-0.2, -0.15) is 0 Å². The Morgan fingerprint density at radius 3 is 0.864 bits per heavy atom. The van der Waals surface area contributed by atoms with Gasteiger partial charge in [-0.05, 0) is 35.9 Å². The Balaban J connectivity index is 4.47. The molecule has 0 fully saturated rings. The SMILES string of the molecule is [N-]=[N+]=NCCOCCOCCOCCNC(=O)CCC(N)(CCC(=O)NCCOCCOCCOCCN=[N+]=[N-])CCC(=O)NCCOCCOCCOCCN=[N+]=[N-]. The fourth-order valence-electron chi connectivity index (χ4n) is 4.59. The van der Waals surface area contributed by atoms with E-state index in [1.807, 2.05) is 0 Å². The van der Waals surface area contributed by atoms with Crippen molar-refractivity contribution in [3.05, 3.63) is 31.3 Å². The van der Waals surface area contributed by atoms with Gasteiger partial charge in [-0.3, -0.25) is 14.4 Å². The molecule has 0 aromatic rings. The van der Waals surface area contributed by atoms with Crippen molar-refractivity contribution in [3.8, 4) is 0 Å². The molecule has 0 bridgehead atoms. The second-order valence-electron chi connectivity index (χ2n) is 12.3. The van der Waals surface area contributed by atoms with E-state index in [9.17, 15) is 14.4 Å². The highest BCUT2D eigenvalue weighted by Gasteiger charge is 2.27. The summed E-state index contributed by atoms with van der Waals surface area (Å²) in [7, 11) is 0. The van der Waals surface area contributed by atoms with Gasteiger partial charge in [0, 0.05) is 78.8 Å². The maximum atomic E-state index is 12.6. The summed E-state index contributed by atoms with van der Waals surface area (Å²) in [4.78, 5) is 45.8. The molecule has 0 rings (SSSR count). The maximum absolute atomic E-state index is 12.6. The first-order chi connectivity index (χ1) is 28.9. The van der Waals surface area contributed by atoms with Crippen molar-refractivity contribution in [1.82, 2.24) is 16.0 Å². The van der Waals surface area contributed by atoms with E-state index < -0.39 is 5.54 Å². The van der Waals surface area contributed by atoms with Crippen molar-refractivity contribution in [1.29, 1.82) is 0 Å². The number of nitrogens with one attached hydrogen (secondary N) is 3. The van der Waals surface area contributed by atoms with Crippen LogP contribution in [-0.2, 0) is 57.0 Å². The van der Waals surface area contributed by atoms with Gasteiger partial charge in [0.15, 0.2) is 0 Å². The summed E-state index contributed by atoms with van der Waals surface area (Å²) in [6.45, 7) is 7.80. The number of nitrogens with zero attached hydrogens (tertiary/aromatic N) is 9. The molecule has 0 aromatic heterocycles. The summed E-state index contributed by atoms with van der Waals surface area (Å²) in [6.07, 6.45) is 1.04. The Morgan fingerprint density at radius 1 is 0.407 bits per heavy atom. The van der Waals surface area contributed by atoms with E-state index in [-0.39, 0.29) is 115 Å². The van der Waals surface area contributed by atoms with Crippen LogP contribution in [0.25, 0.3) is 31.3 Å². The highest BCUT2D eigenvalue weighted by atomic mass is 16.6. The monoisotopic (exact) mass is 847 g/mol. The van der Waals surface area contributed by atoms with E-state index in [1.54, 1.807) is 0 Å². The maximum Gasteiger partial charge on any atom is 0.220 e. The van der Waals surface area contributed by atoms with Gasteiger partial charge in [0.1, 0.15) is 0 Å². The second-order valence-corrected chi connectivity index (χ2v) is 12.3. The molecule has 0 aliphatic heterocycles. The zero-order valence-corrected chi connectivity index (χ0v) is 34.2. The van der Waals surface area contributed by atoms with Gasteiger partial charge in [0.2, 0.25) is 17.7 Å². The first kappa shape index (κ1) is 54.9. The molecule has 0 saturated carbocycles. The van der Waals surface area contributed by atoms with Gasteiger partial charge in [-0.15, -0.1) is 0 Å². The van der Waals surface area contributed by atoms with E-state index in [0.29, 0.717) is 99.1 Å². The van der Waals surface area contributed by atoms with E-state index >= 15 is 0 Å². The average molecular weight is 848 g/mol. The lowest BCUT2D eigenvalue weighted by molar-refractivity contribution is -0.121. The minimum atomic E-state index is -0.965. The summed E-state index contributed by atoms with van der Waals surface area (Å²) in [5.41, 5.74) is 30.4. The molecule has 0 spiro atoms. The van der Waals surface area contributed by atoms with Crippen LogP contribution in [0.1, 0.15) is 38.5 Å². The molecule has 25 heteroatoms.